The van der Waals surface area contributed by atoms with Crippen LogP contribution in [0, 0.1) is 0 Å². The number of nitrogens with one attached hydrogen (secondary N) is 2. The number of H-pyrrole nitrogens is 1. The van der Waals surface area contributed by atoms with Crippen LogP contribution >= 0.6 is 0 Å². The first kappa shape index (κ1) is 9.76. The molecule has 3 rings (SSSR count). The molecule has 0 aliphatic carbocycles. The highest BCUT2D eigenvalue weighted by Gasteiger charge is 2.12. The summed E-state index contributed by atoms with van der Waals surface area (Å²) >= 11 is 0. The Kier molecular flexibility index (Phi) is 2.04. The van der Waals surface area contributed by atoms with Crippen molar-refractivity contribution in [1.29, 1.82) is 0 Å². The molecule has 2 N–H and O–H groups in total. The van der Waals surface area contributed by atoms with Crippen LogP contribution in [-0.4, -0.2) is 37.0 Å². The van der Waals surface area contributed by atoms with Crippen LogP contribution in [0.2, 0.25) is 0 Å². The first-order valence-corrected chi connectivity index (χ1v) is 5.17. The van der Waals surface area contributed by atoms with Gasteiger partial charge in [0.2, 0.25) is 5.95 Å². The van der Waals surface area contributed by atoms with Crippen LogP contribution in [0.25, 0.3) is 22.4 Å². The van der Waals surface area contributed by atoms with Crippen molar-refractivity contribution in [2.75, 3.05) is 12.4 Å². The fraction of sp³-hybridized carbons (Fsp3) is 0.200. The van der Waals surface area contributed by atoms with E-state index in [2.05, 4.69) is 30.6 Å². The standard InChI is InChI=1S/C10H11N7/c1-11-10-13-8(7-3-4-17(2)16-7)6-5-12-15-9(6)14-10/h3-5H,1-2H3,(H2,11,12,13,14,15). The third-order valence-electron chi connectivity index (χ3n) is 2.49. The minimum absolute atomic E-state index is 0.544. The first-order valence-electron chi connectivity index (χ1n) is 5.17. The van der Waals surface area contributed by atoms with Crippen molar-refractivity contribution in [3.05, 3.63) is 18.5 Å². The number of hydrogen-bond donors (Lipinski definition) is 2. The number of aromatic nitrogens is 6. The molecule has 0 unspecified atom stereocenters. The summed E-state index contributed by atoms with van der Waals surface area (Å²) in [5, 5.41) is 14.9. The number of hydrogen-bond acceptors (Lipinski definition) is 5. The second-order valence-corrected chi connectivity index (χ2v) is 3.65. The van der Waals surface area contributed by atoms with Crippen molar-refractivity contribution < 1.29 is 0 Å². The van der Waals surface area contributed by atoms with Gasteiger partial charge in [-0.05, 0) is 6.07 Å². The summed E-state index contributed by atoms with van der Waals surface area (Å²) in [5.41, 5.74) is 2.27. The van der Waals surface area contributed by atoms with E-state index in [-0.39, 0.29) is 0 Å². The zero-order chi connectivity index (χ0) is 11.8. The van der Waals surface area contributed by atoms with Gasteiger partial charge < -0.3 is 5.32 Å². The van der Waals surface area contributed by atoms with Gasteiger partial charge in [-0.25, -0.2) is 4.98 Å². The van der Waals surface area contributed by atoms with E-state index in [0.717, 1.165) is 16.8 Å². The van der Waals surface area contributed by atoms with Crippen LogP contribution in [0.15, 0.2) is 18.5 Å². The number of rotatable bonds is 2. The number of aromatic amines is 1. The summed E-state index contributed by atoms with van der Waals surface area (Å²) in [6, 6.07) is 1.91. The van der Waals surface area contributed by atoms with E-state index in [1.54, 1.807) is 17.9 Å². The molecule has 7 nitrogen and oxygen atoms in total. The third kappa shape index (κ3) is 1.52. The Hall–Kier alpha value is -2.44. The first-order chi connectivity index (χ1) is 8.28. The molecule has 0 saturated carbocycles. The molecule has 3 aromatic heterocycles. The van der Waals surface area contributed by atoms with Gasteiger partial charge in [0.05, 0.1) is 11.6 Å². The Bertz CT molecular complexity index is 666. The second-order valence-electron chi connectivity index (χ2n) is 3.65. The van der Waals surface area contributed by atoms with E-state index in [4.69, 9.17) is 0 Å². The van der Waals surface area contributed by atoms with Gasteiger partial charge in [0.1, 0.15) is 11.4 Å². The van der Waals surface area contributed by atoms with Crippen molar-refractivity contribution in [2.45, 2.75) is 0 Å². The average Bonchev–Trinajstić information content (AvgIpc) is 2.95. The van der Waals surface area contributed by atoms with Crippen molar-refractivity contribution >= 4 is 17.0 Å². The van der Waals surface area contributed by atoms with Crippen LogP contribution in [0.5, 0.6) is 0 Å². The predicted molar refractivity (Wildman–Crippen MR) is 63.4 cm³/mol. The maximum atomic E-state index is 4.42. The smallest absolute Gasteiger partial charge is 0.225 e. The summed E-state index contributed by atoms with van der Waals surface area (Å²) in [5.74, 6) is 0.544. The zero-order valence-corrected chi connectivity index (χ0v) is 9.47. The Morgan fingerprint density at radius 1 is 1.35 bits per heavy atom. The van der Waals surface area contributed by atoms with E-state index in [0.29, 0.717) is 11.6 Å². The van der Waals surface area contributed by atoms with Crippen molar-refractivity contribution in [2.24, 2.45) is 7.05 Å². The van der Waals surface area contributed by atoms with Crippen molar-refractivity contribution in [3.8, 4) is 11.4 Å². The quantitative estimate of drug-likeness (QED) is 0.678. The molecule has 3 aromatic rings. The van der Waals surface area contributed by atoms with Gasteiger partial charge in [0.25, 0.3) is 0 Å². The molecule has 0 aliphatic rings. The number of nitrogens with zero attached hydrogens (tertiary/aromatic N) is 5. The number of fused-ring (bicyclic) bond motifs is 1. The van der Waals surface area contributed by atoms with Crippen LogP contribution < -0.4 is 5.32 Å². The van der Waals surface area contributed by atoms with Crippen molar-refractivity contribution in [3.63, 3.8) is 0 Å². The summed E-state index contributed by atoms with van der Waals surface area (Å²) in [4.78, 5) is 8.69. The molecular formula is C10H11N7. The lowest BCUT2D eigenvalue weighted by atomic mass is 10.2. The van der Waals surface area contributed by atoms with E-state index in [1.807, 2.05) is 19.3 Å². The molecule has 3 heterocycles. The van der Waals surface area contributed by atoms with Gasteiger partial charge in [0.15, 0.2) is 5.65 Å². The summed E-state index contributed by atoms with van der Waals surface area (Å²) in [6.45, 7) is 0. The molecule has 17 heavy (non-hydrogen) atoms. The van der Waals surface area contributed by atoms with Gasteiger partial charge in [0, 0.05) is 20.3 Å². The molecule has 7 heteroatoms. The van der Waals surface area contributed by atoms with Crippen LogP contribution in [0.4, 0.5) is 5.95 Å². The van der Waals surface area contributed by atoms with E-state index in [9.17, 15) is 0 Å². The fourth-order valence-corrected chi connectivity index (χ4v) is 1.68. The summed E-state index contributed by atoms with van der Waals surface area (Å²) in [7, 11) is 3.65. The second kappa shape index (κ2) is 3.55. The van der Waals surface area contributed by atoms with Gasteiger partial charge >= 0.3 is 0 Å². The molecule has 0 atom stereocenters. The minimum atomic E-state index is 0.544. The summed E-state index contributed by atoms with van der Waals surface area (Å²) < 4.78 is 1.74. The molecule has 0 aliphatic heterocycles. The van der Waals surface area contributed by atoms with Crippen LogP contribution in [0.1, 0.15) is 0 Å². The van der Waals surface area contributed by atoms with E-state index < -0.39 is 0 Å². The molecule has 0 fully saturated rings. The molecule has 0 radical (unpaired) electrons. The normalized spacial score (nSPS) is 10.9. The highest BCUT2D eigenvalue weighted by atomic mass is 15.3. The fourth-order valence-electron chi connectivity index (χ4n) is 1.68. The van der Waals surface area contributed by atoms with Crippen molar-refractivity contribution in [1.82, 2.24) is 29.9 Å². The average molecular weight is 229 g/mol. The Balaban J connectivity index is 2.29. The SMILES string of the molecule is CNc1nc(-c2ccn(C)n2)c2cn[nH]c2n1. The van der Waals surface area contributed by atoms with Gasteiger partial charge in [-0.1, -0.05) is 0 Å². The molecule has 0 amide bonds. The van der Waals surface area contributed by atoms with Gasteiger partial charge in [-0.15, -0.1) is 0 Å². The highest BCUT2D eigenvalue weighted by Crippen LogP contribution is 2.24. The Morgan fingerprint density at radius 2 is 2.24 bits per heavy atom. The third-order valence-corrected chi connectivity index (χ3v) is 2.49. The lowest BCUT2D eigenvalue weighted by Crippen LogP contribution is -1.99. The molecule has 0 spiro atoms. The Morgan fingerprint density at radius 3 is 2.94 bits per heavy atom. The Labute approximate surface area is 96.9 Å². The molecule has 0 bridgehead atoms. The predicted octanol–water partition coefficient (Wildman–Crippen LogP) is 0.795. The number of aryl methyl sites for hydroxylation is 1. The molecular weight excluding hydrogens is 218 g/mol. The maximum Gasteiger partial charge on any atom is 0.225 e. The monoisotopic (exact) mass is 229 g/mol. The van der Waals surface area contributed by atoms with Gasteiger partial charge in [-0.3, -0.25) is 9.78 Å². The lowest BCUT2D eigenvalue weighted by molar-refractivity contribution is 0.770. The molecule has 86 valence electrons. The highest BCUT2D eigenvalue weighted by molar-refractivity contribution is 5.89. The maximum absolute atomic E-state index is 4.42. The topological polar surface area (TPSA) is 84.3 Å². The summed E-state index contributed by atoms with van der Waals surface area (Å²) in [6.07, 6.45) is 3.58. The molecule has 0 aromatic carbocycles. The van der Waals surface area contributed by atoms with E-state index in [1.165, 1.54) is 0 Å². The van der Waals surface area contributed by atoms with Crippen LogP contribution in [0.3, 0.4) is 0 Å². The van der Waals surface area contributed by atoms with Crippen LogP contribution in [-0.2, 0) is 7.05 Å². The largest absolute Gasteiger partial charge is 0.357 e. The lowest BCUT2D eigenvalue weighted by Gasteiger charge is -2.02. The number of anilines is 1. The van der Waals surface area contributed by atoms with Gasteiger partial charge in [-0.2, -0.15) is 15.2 Å². The molecule has 0 saturated heterocycles. The zero-order valence-electron chi connectivity index (χ0n) is 9.47. The minimum Gasteiger partial charge on any atom is -0.357 e. The van der Waals surface area contributed by atoms with E-state index >= 15 is 0 Å².